The maximum absolute atomic E-state index is 13.0. The Balaban J connectivity index is 1.51. The lowest BCUT2D eigenvalue weighted by Crippen LogP contribution is -2.43. The molecule has 0 radical (unpaired) electrons. The third-order valence-corrected chi connectivity index (χ3v) is 5.01. The van der Waals surface area contributed by atoms with Crippen LogP contribution in [-0.2, 0) is 4.79 Å². The summed E-state index contributed by atoms with van der Waals surface area (Å²) in [6.07, 6.45) is 5.03. The summed E-state index contributed by atoms with van der Waals surface area (Å²) >= 11 is 0. The van der Waals surface area contributed by atoms with Crippen LogP contribution in [0.25, 0.3) is 5.65 Å². The fourth-order valence-electron chi connectivity index (χ4n) is 3.52. The number of methoxy groups -OCH3 is 1. The summed E-state index contributed by atoms with van der Waals surface area (Å²) in [5.41, 5.74) is 2.83. The van der Waals surface area contributed by atoms with Gasteiger partial charge in [0.2, 0.25) is 5.91 Å². The van der Waals surface area contributed by atoms with Gasteiger partial charge >= 0.3 is 0 Å². The first-order valence-corrected chi connectivity index (χ1v) is 9.26. The molecule has 0 saturated carbocycles. The highest BCUT2D eigenvalue weighted by Gasteiger charge is 2.35. The SMILES string of the molecule is COc1ccc(NC(=O)[C@@H]2CCCN2C(=O)c2cn3ccc(C)cc3n2)cc1. The molecule has 28 heavy (non-hydrogen) atoms. The van der Waals surface area contributed by atoms with Gasteiger partial charge in [-0.05, 0) is 61.7 Å². The van der Waals surface area contributed by atoms with Crippen LogP contribution in [0.3, 0.4) is 0 Å². The molecule has 7 heteroatoms. The van der Waals surface area contributed by atoms with E-state index in [4.69, 9.17) is 4.74 Å². The highest BCUT2D eigenvalue weighted by molar-refractivity contribution is 6.01. The van der Waals surface area contributed by atoms with Gasteiger partial charge in [-0.15, -0.1) is 0 Å². The molecule has 2 aromatic heterocycles. The third kappa shape index (κ3) is 3.43. The highest BCUT2D eigenvalue weighted by Crippen LogP contribution is 2.23. The van der Waals surface area contributed by atoms with Crippen molar-refractivity contribution in [2.45, 2.75) is 25.8 Å². The average molecular weight is 378 g/mol. The van der Waals surface area contributed by atoms with Crippen molar-refractivity contribution in [3.8, 4) is 5.75 Å². The van der Waals surface area contributed by atoms with Gasteiger partial charge in [0.05, 0.1) is 7.11 Å². The second-order valence-electron chi connectivity index (χ2n) is 6.97. The number of aryl methyl sites for hydroxylation is 1. The quantitative estimate of drug-likeness (QED) is 0.757. The molecule has 0 aliphatic carbocycles. The van der Waals surface area contributed by atoms with Gasteiger partial charge in [0, 0.05) is 24.6 Å². The number of nitrogens with one attached hydrogen (secondary N) is 1. The standard InChI is InChI=1S/C21H22N4O3/c1-14-9-11-24-13-17(23-19(24)12-14)21(27)25-10-3-4-18(25)20(26)22-15-5-7-16(28-2)8-6-15/h5-9,11-13,18H,3-4,10H2,1-2H3,(H,22,26)/t18-/m0/s1. The van der Waals surface area contributed by atoms with Crippen LogP contribution in [-0.4, -0.2) is 45.8 Å². The predicted octanol–water partition coefficient (Wildman–Crippen LogP) is 2.89. The Bertz CT molecular complexity index is 1030. The molecular weight excluding hydrogens is 356 g/mol. The number of likely N-dealkylation sites (tertiary alicyclic amines) is 1. The van der Waals surface area contributed by atoms with Crippen molar-refractivity contribution in [2.24, 2.45) is 0 Å². The second-order valence-corrected chi connectivity index (χ2v) is 6.97. The molecule has 7 nitrogen and oxygen atoms in total. The molecule has 1 aliphatic rings. The molecule has 3 heterocycles. The van der Waals surface area contributed by atoms with Crippen LogP contribution in [0.5, 0.6) is 5.75 Å². The summed E-state index contributed by atoms with van der Waals surface area (Å²) in [7, 11) is 1.59. The maximum Gasteiger partial charge on any atom is 0.274 e. The van der Waals surface area contributed by atoms with Crippen LogP contribution >= 0.6 is 0 Å². The first kappa shape index (κ1) is 18.0. The molecule has 4 rings (SSSR count). The van der Waals surface area contributed by atoms with E-state index in [0.29, 0.717) is 24.3 Å². The number of benzene rings is 1. The zero-order valence-corrected chi connectivity index (χ0v) is 15.9. The Morgan fingerprint density at radius 3 is 2.75 bits per heavy atom. The molecule has 3 aromatic rings. The summed E-state index contributed by atoms with van der Waals surface area (Å²) in [6, 6.07) is 10.5. The maximum atomic E-state index is 13.0. The van der Waals surface area contributed by atoms with E-state index in [1.54, 1.807) is 42.5 Å². The van der Waals surface area contributed by atoms with Crippen LogP contribution in [0.15, 0.2) is 48.8 Å². The Labute approximate surface area is 162 Å². The molecular formula is C21H22N4O3. The third-order valence-electron chi connectivity index (χ3n) is 5.01. The van der Waals surface area contributed by atoms with Gasteiger partial charge in [0.1, 0.15) is 23.1 Å². The molecule has 0 bridgehead atoms. The number of aromatic nitrogens is 2. The van der Waals surface area contributed by atoms with Crippen molar-refractivity contribution in [3.63, 3.8) is 0 Å². The van der Waals surface area contributed by atoms with Gasteiger partial charge < -0.3 is 19.4 Å². The van der Waals surface area contributed by atoms with E-state index in [1.807, 2.05) is 29.7 Å². The predicted molar refractivity (Wildman–Crippen MR) is 106 cm³/mol. The van der Waals surface area contributed by atoms with Crippen molar-refractivity contribution in [2.75, 3.05) is 19.0 Å². The molecule has 0 unspecified atom stereocenters. The minimum atomic E-state index is -0.499. The molecule has 1 N–H and O–H groups in total. The molecule has 1 fully saturated rings. The lowest BCUT2D eigenvalue weighted by Gasteiger charge is -2.23. The van der Waals surface area contributed by atoms with E-state index in [1.165, 1.54) is 0 Å². The summed E-state index contributed by atoms with van der Waals surface area (Å²) < 4.78 is 6.95. The number of carbonyl (C=O) groups is 2. The van der Waals surface area contributed by atoms with Crippen LogP contribution in [0.1, 0.15) is 28.9 Å². The van der Waals surface area contributed by atoms with Crippen LogP contribution < -0.4 is 10.1 Å². The van der Waals surface area contributed by atoms with Gasteiger partial charge in [0.15, 0.2) is 0 Å². The van der Waals surface area contributed by atoms with Crippen molar-refractivity contribution >= 4 is 23.1 Å². The average Bonchev–Trinajstić information content (AvgIpc) is 3.34. The highest BCUT2D eigenvalue weighted by atomic mass is 16.5. The molecule has 1 aliphatic heterocycles. The molecule has 0 spiro atoms. The zero-order chi connectivity index (χ0) is 19.7. The number of carbonyl (C=O) groups excluding carboxylic acids is 2. The zero-order valence-electron chi connectivity index (χ0n) is 15.9. The van der Waals surface area contributed by atoms with Gasteiger partial charge in [0.25, 0.3) is 5.91 Å². The Morgan fingerprint density at radius 2 is 2.00 bits per heavy atom. The lowest BCUT2D eigenvalue weighted by atomic mass is 10.2. The largest absolute Gasteiger partial charge is 0.497 e. The monoisotopic (exact) mass is 378 g/mol. The molecule has 144 valence electrons. The van der Waals surface area contributed by atoms with Crippen LogP contribution in [0.4, 0.5) is 5.69 Å². The van der Waals surface area contributed by atoms with Gasteiger partial charge in [-0.3, -0.25) is 9.59 Å². The van der Waals surface area contributed by atoms with E-state index in [9.17, 15) is 9.59 Å². The number of amides is 2. The summed E-state index contributed by atoms with van der Waals surface area (Å²) in [6.45, 7) is 2.53. The van der Waals surface area contributed by atoms with Crippen molar-refractivity contribution in [1.29, 1.82) is 0 Å². The number of anilines is 1. The number of hydrogen-bond donors (Lipinski definition) is 1. The number of imidazole rings is 1. The minimum Gasteiger partial charge on any atom is -0.497 e. The van der Waals surface area contributed by atoms with Gasteiger partial charge in [-0.2, -0.15) is 0 Å². The fourth-order valence-corrected chi connectivity index (χ4v) is 3.52. The Morgan fingerprint density at radius 1 is 1.21 bits per heavy atom. The van der Waals surface area contributed by atoms with Crippen molar-refractivity contribution < 1.29 is 14.3 Å². The summed E-state index contributed by atoms with van der Waals surface area (Å²) in [5.74, 6) is 0.321. The summed E-state index contributed by atoms with van der Waals surface area (Å²) in [5, 5.41) is 2.89. The van der Waals surface area contributed by atoms with E-state index < -0.39 is 6.04 Å². The number of nitrogens with zero attached hydrogens (tertiary/aromatic N) is 3. The lowest BCUT2D eigenvalue weighted by molar-refractivity contribution is -0.119. The smallest absolute Gasteiger partial charge is 0.274 e. The van der Waals surface area contributed by atoms with E-state index >= 15 is 0 Å². The second kappa shape index (κ2) is 7.34. The van der Waals surface area contributed by atoms with E-state index in [2.05, 4.69) is 10.3 Å². The van der Waals surface area contributed by atoms with E-state index in [0.717, 1.165) is 23.4 Å². The van der Waals surface area contributed by atoms with Gasteiger partial charge in [-0.25, -0.2) is 4.98 Å². The van der Waals surface area contributed by atoms with E-state index in [-0.39, 0.29) is 11.8 Å². The minimum absolute atomic E-state index is 0.185. The molecule has 1 atom stereocenters. The number of pyridine rings is 1. The molecule has 1 saturated heterocycles. The Hall–Kier alpha value is -3.35. The van der Waals surface area contributed by atoms with Crippen molar-refractivity contribution in [3.05, 3.63) is 60.0 Å². The summed E-state index contributed by atoms with van der Waals surface area (Å²) in [4.78, 5) is 31.8. The van der Waals surface area contributed by atoms with Crippen LogP contribution in [0, 0.1) is 6.92 Å². The van der Waals surface area contributed by atoms with Gasteiger partial charge in [-0.1, -0.05) is 0 Å². The number of ether oxygens (including phenoxy) is 1. The first-order valence-electron chi connectivity index (χ1n) is 9.26. The number of hydrogen-bond acceptors (Lipinski definition) is 4. The number of rotatable bonds is 4. The first-order chi connectivity index (χ1) is 13.5. The molecule has 1 aromatic carbocycles. The molecule has 2 amide bonds. The number of fused-ring (bicyclic) bond motifs is 1. The Kier molecular flexibility index (Phi) is 4.73. The van der Waals surface area contributed by atoms with Crippen LogP contribution in [0.2, 0.25) is 0 Å². The topological polar surface area (TPSA) is 75.9 Å². The fraction of sp³-hybridized carbons (Fsp3) is 0.286. The normalized spacial score (nSPS) is 16.4. The van der Waals surface area contributed by atoms with Crippen molar-refractivity contribution in [1.82, 2.24) is 14.3 Å².